The Morgan fingerprint density at radius 1 is 1.22 bits per heavy atom. The first-order valence-electron chi connectivity index (χ1n) is 8.37. The van der Waals surface area contributed by atoms with Crippen LogP contribution in [-0.2, 0) is 12.0 Å². The number of hydrogen-bond donors (Lipinski definition) is 2. The second-order valence-electron chi connectivity index (χ2n) is 6.04. The molecule has 1 aromatic carbocycles. The van der Waals surface area contributed by atoms with Crippen LogP contribution in [0.25, 0.3) is 0 Å². The lowest BCUT2D eigenvalue weighted by molar-refractivity contribution is 0.596. The zero-order valence-corrected chi connectivity index (χ0v) is 13.7. The number of aliphatic imine (C=N–C) groups is 1. The second kappa shape index (κ2) is 7.31. The van der Waals surface area contributed by atoms with Crippen molar-refractivity contribution in [2.45, 2.75) is 31.7 Å². The van der Waals surface area contributed by atoms with Gasteiger partial charge in [0.2, 0.25) is 0 Å². The summed E-state index contributed by atoms with van der Waals surface area (Å²) in [6, 6.07) is 12.7. The highest BCUT2D eigenvalue weighted by atomic mass is 15.3. The van der Waals surface area contributed by atoms with Gasteiger partial charge >= 0.3 is 0 Å². The number of hydrogen-bond acceptors (Lipinski definition) is 2. The average molecular weight is 311 g/mol. The summed E-state index contributed by atoms with van der Waals surface area (Å²) < 4.78 is 1.92. The molecule has 0 aliphatic heterocycles. The summed E-state index contributed by atoms with van der Waals surface area (Å²) in [5.41, 5.74) is 1.67. The molecule has 1 aliphatic rings. The van der Waals surface area contributed by atoms with E-state index in [4.69, 9.17) is 4.99 Å². The molecule has 3 rings (SSSR count). The molecule has 1 saturated carbocycles. The van der Waals surface area contributed by atoms with Crippen molar-refractivity contribution in [3.05, 3.63) is 54.4 Å². The highest BCUT2D eigenvalue weighted by molar-refractivity contribution is 5.79. The first-order chi connectivity index (χ1) is 11.3. The second-order valence-corrected chi connectivity index (χ2v) is 6.04. The lowest BCUT2D eigenvalue weighted by Crippen LogP contribution is -2.39. The molecule has 0 saturated heterocycles. The highest BCUT2D eigenvalue weighted by Crippen LogP contribution is 2.48. The topological polar surface area (TPSA) is 54.2 Å². The fraction of sp³-hybridized carbons (Fsp3) is 0.444. The quantitative estimate of drug-likeness (QED) is 0.609. The number of rotatable bonds is 7. The third kappa shape index (κ3) is 4.12. The summed E-state index contributed by atoms with van der Waals surface area (Å²) >= 11 is 0. The third-order valence-electron chi connectivity index (χ3n) is 4.32. The number of aromatic nitrogens is 2. The first-order valence-corrected chi connectivity index (χ1v) is 8.37. The van der Waals surface area contributed by atoms with Crippen molar-refractivity contribution in [3.63, 3.8) is 0 Å². The molecule has 1 aromatic heterocycles. The molecule has 0 amide bonds. The minimum Gasteiger partial charge on any atom is -0.357 e. The van der Waals surface area contributed by atoms with Crippen LogP contribution in [0.1, 0.15) is 25.3 Å². The van der Waals surface area contributed by atoms with Gasteiger partial charge in [-0.2, -0.15) is 5.10 Å². The van der Waals surface area contributed by atoms with Crippen molar-refractivity contribution in [2.24, 2.45) is 4.99 Å². The van der Waals surface area contributed by atoms with Crippen LogP contribution in [0, 0.1) is 0 Å². The Bertz CT molecular complexity index is 614. The van der Waals surface area contributed by atoms with Gasteiger partial charge in [-0.25, -0.2) is 0 Å². The molecular formula is C18H25N5. The van der Waals surface area contributed by atoms with Gasteiger partial charge in [0, 0.05) is 30.9 Å². The van der Waals surface area contributed by atoms with E-state index in [0.29, 0.717) is 0 Å². The van der Waals surface area contributed by atoms with Crippen LogP contribution in [0.4, 0.5) is 0 Å². The van der Waals surface area contributed by atoms with Crippen molar-refractivity contribution in [1.82, 2.24) is 20.4 Å². The van der Waals surface area contributed by atoms with Crippen LogP contribution in [0.2, 0.25) is 0 Å². The van der Waals surface area contributed by atoms with Gasteiger partial charge in [0.1, 0.15) is 0 Å². The number of nitrogens with one attached hydrogen (secondary N) is 2. The van der Waals surface area contributed by atoms with Gasteiger partial charge in [-0.15, -0.1) is 0 Å². The monoisotopic (exact) mass is 311 g/mol. The molecule has 0 unspecified atom stereocenters. The zero-order valence-electron chi connectivity index (χ0n) is 13.7. The zero-order chi connectivity index (χ0) is 16.0. The molecule has 1 heterocycles. The maximum absolute atomic E-state index is 4.81. The van der Waals surface area contributed by atoms with Gasteiger partial charge in [-0.05, 0) is 31.4 Å². The largest absolute Gasteiger partial charge is 0.357 e. The molecule has 0 radical (unpaired) electrons. The van der Waals surface area contributed by atoms with Crippen LogP contribution in [0.3, 0.4) is 0 Å². The predicted molar refractivity (Wildman–Crippen MR) is 93.6 cm³/mol. The summed E-state index contributed by atoms with van der Waals surface area (Å²) in [4.78, 5) is 4.81. The Balaban J connectivity index is 1.56. The van der Waals surface area contributed by atoms with Gasteiger partial charge in [-0.3, -0.25) is 9.67 Å². The van der Waals surface area contributed by atoms with E-state index in [9.17, 15) is 0 Å². The number of benzene rings is 1. The minimum atomic E-state index is 0.256. The van der Waals surface area contributed by atoms with Crippen LogP contribution >= 0.6 is 0 Å². The van der Waals surface area contributed by atoms with Crippen LogP contribution in [0.5, 0.6) is 0 Å². The molecule has 122 valence electrons. The Kier molecular flexibility index (Phi) is 4.95. The molecule has 5 nitrogen and oxygen atoms in total. The van der Waals surface area contributed by atoms with E-state index in [1.54, 1.807) is 6.20 Å². The Labute approximate surface area is 137 Å². The van der Waals surface area contributed by atoms with Crippen LogP contribution < -0.4 is 10.6 Å². The summed E-state index contributed by atoms with van der Waals surface area (Å²) in [6.07, 6.45) is 6.23. The molecule has 0 atom stereocenters. The maximum atomic E-state index is 4.81. The summed E-state index contributed by atoms with van der Waals surface area (Å²) in [5.74, 6) is 0.891. The molecule has 0 bridgehead atoms. The average Bonchev–Trinajstić information content (AvgIpc) is 3.21. The molecule has 5 heteroatoms. The van der Waals surface area contributed by atoms with E-state index in [1.807, 2.05) is 16.9 Å². The Morgan fingerprint density at radius 3 is 2.70 bits per heavy atom. The Hall–Kier alpha value is -2.30. The van der Waals surface area contributed by atoms with E-state index >= 15 is 0 Å². The molecule has 0 spiro atoms. The van der Waals surface area contributed by atoms with E-state index in [-0.39, 0.29) is 5.41 Å². The highest BCUT2D eigenvalue weighted by Gasteiger charge is 2.43. The molecule has 2 aromatic rings. The first kappa shape index (κ1) is 15.6. The number of guanidine groups is 1. The lowest BCUT2D eigenvalue weighted by Gasteiger charge is -2.16. The van der Waals surface area contributed by atoms with Crippen molar-refractivity contribution < 1.29 is 0 Å². The Morgan fingerprint density at radius 2 is 2.04 bits per heavy atom. The smallest absolute Gasteiger partial charge is 0.191 e. The predicted octanol–water partition coefficient (Wildman–Crippen LogP) is 2.17. The molecule has 2 N–H and O–H groups in total. The van der Waals surface area contributed by atoms with Crippen molar-refractivity contribution in [3.8, 4) is 0 Å². The lowest BCUT2D eigenvalue weighted by atomic mass is 9.96. The van der Waals surface area contributed by atoms with E-state index in [1.165, 1.54) is 18.4 Å². The van der Waals surface area contributed by atoms with Gasteiger partial charge in [0.15, 0.2) is 5.96 Å². The normalized spacial score (nSPS) is 16.1. The van der Waals surface area contributed by atoms with Gasteiger partial charge in [0.05, 0.1) is 13.1 Å². The summed E-state index contributed by atoms with van der Waals surface area (Å²) in [6.45, 7) is 5.45. The van der Waals surface area contributed by atoms with Gasteiger partial charge < -0.3 is 10.6 Å². The van der Waals surface area contributed by atoms with Gasteiger partial charge in [0.25, 0.3) is 0 Å². The molecule has 1 aliphatic carbocycles. The molecule has 1 fully saturated rings. The van der Waals surface area contributed by atoms with Crippen molar-refractivity contribution in [2.75, 3.05) is 19.6 Å². The van der Waals surface area contributed by atoms with E-state index in [0.717, 1.165) is 32.1 Å². The van der Waals surface area contributed by atoms with Crippen LogP contribution in [0.15, 0.2) is 53.8 Å². The van der Waals surface area contributed by atoms with Crippen LogP contribution in [-0.4, -0.2) is 35.4 Å². The SMILES string of the molecule is CCNC(=NCC1(c2ccccc2)CC1)NCCn1cccn1. The number of nitrogens with zero attached hydrogens (tertiary/aromatic N) is 3. The minimum absolute atomic E-state index is 0.256. The van der Waals surface area contributed by atoms with Crippen molar-refractivity contribution in [1.29, 1.82) is 0 Å². The maximum Gasteiger partial charge on any atom is 0.191 e. The molecule has 23 heavy (non-hydrogen) atoms. The third-order valence-corrected chi connectivity index (χ3v) is 4.32. The fourth-order valence-corrected chi connectivity index (χ4v) is 2.77. The van der Waals surface area contributed by atoms with Gasteiger partial charge in [-0.1, -0.05) is 30.3 Å². The summed E-state index contributed by atoms with van der Waals surface area (Å²) in [7, 11) is 0. The molecular weight excluding hydrogens is 286 g/mol. The fourth-order valence-electron chi connectivity index (χ4n) is 2.77. The van der Waals surface area contributed by atoms with E-state index in [2.05, 4.69) is 53.0 Å². The van der Waals surface area contributed by atoms with E-state index < -0.39 is 0 Å². The van der Waals surface area contributed by atoms with Crippen molar-refractivity contribution >= 4 is 5.96 Å². The summed E-state index contributed by atoms with van der Waals surface area (Å²) in [5, 5.41) is 10.9. The standard InChI is InChI=1S/C18H25N5/c1-2-19-17(20-12-14-23-13-6-11-22-23)21-15-18(9-10-18)16-7-4-3-5-8-16/h3-8,11,13H,2,9-10,12,14-15H2,1H3,(H2,19,20,21).